The van der Waals surface area contributed by atoms with Crippen molar-refractivity contribution < 1.29 is 14.6 Å². The van der Waals surface area contributed by atoms with Gasteiger partial charge in [0.05, 0.1) is 12.2 Å². The van der Waals surface area contributed by atoms with E-state index in [4.69, 9.17) is 9.84 Å². The molecule has 0 spiro atoms. The Morgan fingerprint density at radius 3 is 2.43 bits per heavy atom. The molecule has 150 valence electrons. The topological polar surface area (TPSA) is 46.5 Å². The van der Waals surface area contributed by atoms with Crippen LogP contribution in [-0.4, -0.2) is 17.7 Å². The predicted molar refractivity (Wildman–Crippen MR) is 122 cm³/mol. The lowest BCUT2D eigenvalue weighted by Gasteiger charge is -2.11. The molecule has 0 radical (unpaired) electrons. The van der Waals surface area contributed by atoms with Crippen LogP contribution in [0.2, 0.25) is 0 Å². The first kappa shape index (κ1) is 21.0. The average molecular weight is 396 g/mol. The molecule has 0 unspecified atom stereocenters. The molecule has 0 aliphatic rings. The lowest BCUT2D eigenvalue weighted by molar-refractivity contribution is 0.0697. The van der Waals surface area contributed by atoms with E-state index >= 15 is 0 Å². The molecule has 0 heterocycles. The van der Waals surface area contributed by atoms with Gasteiger partial charge in [0.2, 0.25) is 0 Å². The van der Waals surface area contributed by atoms with Gasteiger partial charge in [-0.05, 0) is 78.6 Å². The second kappa shape index (κ2) is 10.1. The van der Waals surface area contributed by atoms with Gasteiger partial charge in [-0.2, -0.15) is 0 Å². The van der Waals surface area contributed by atoms with Crippen LogP contribution < -0.4 is 4.74 Å². The van der Waals surface area contributed by atoms with E-state index in [1.165, 1.54) is 5.56 Å². The minimum absolute atomic E-state index is 0.253. The summed E-state index contributed by atoms with van der Waals surface area (Å²) in [7, 11) is 0. The second-order valence-electron chi connectivity index (χ2n) is 6.95. The highest BCUT2D eigenvalue weighted by molar-refractivity contribution is 5.87. The first-order valence-electron chi connectivity index (χ1n) is 9.92. The summed E-state index contributed by atoms with van der Waals surface area (Å²) in [5.41, 5.74) is 5.52. The average Bonchev–Trinajstić information content (AvgIpc) is 2.76. The summed E-state index contributed by atoms with van der Waals surface area (Å²) in [6, 6.07) is 21.1. The molecular formula is C27H24O3. The number of benzene rings is 3. The standard InChI is InChI=1S/C27H24O3/c1-3-18-30-25-16-17-26(22-12-8-20(2)9-13-22)24(19-25)7-5-4-6-21-10-14-23(15-11-21)27(28)29/h5,7-17,19H,3,18H2,1-2H3,(H,28,29)/b7-5+. The molecule has 0 atom stereocenters. The molecule has 0 amide bonds. The summed E-state index contributed by atoms with van der Waals surface area (Å²) in [5.74, 6) is 5.96. The number of ether oxygens (including phenoxy) is 1. The molecule has 0 aromatic heterocycles. The fraction of sp³-hybridized carbons (Fsp3) is 0.148. The highest BCUT2D eigenvalue weighted by atomic mass is 16.5. The van der Waals surface area contributed by atoms with E-state index in [0.29, 0.717) is 6.61 Å². The zero-order chi connectivity index (χ0) is 21.3. The minimum atomic E-state index is -0.941. The van der Waals surface area contributed by atoms with Crippen molar-refractivity contribution in [1.82, 2.24) is 0 Å². The van der Waals surface area contributed by atoms with Gasteiger partial charge in [0, 0.05) is 5.56 Å². The molecule has 3 heteroatoms. The maximum atomic E-state index is 10.9. The van der Waals surface area contributed by atoms with Crippen molar-refractivity contribution in [2.24, 2.45) is 0 Å². The Morgan fingerprint density at radius 1 is 1.03 bits per heavy atom. The number of aromatic carboxylic acids is 1. The third-order valence-electron chi connectivity index (χ3n) is 4.55. The Kier molecular flexibility index (Phi) is 7.08. The maximum absolute atomic E-state index is 10.9. The van der Waals surface area contributed by atoms with Crippen LogP contribution in [0.4, 0.5) is 0 Å². The molecule has 3 aromatic carbocycles. The fourth-order valence-electron chi connectivity index (χ4n) is 2.94. The first-order valence-corrected chi connectivity index (χ1v) is 9.92. The van der Waals surface area contributed by atoms with Crippen molar-refractivity contribution in [1.29, 1.82) is 0 Å². The number of aryl methyl sites for hydroxylation is 1. The smallest absolute Gasteiger partial charge is 0.335 e. The first-order chi connectivity index (χ1) is 14.6. The Bertz CT molecular complexity index is 1100. The van der Waals surface area contributed by atoms with Gasteiger partial charge in [-0.3, -0.25) is 0 Å². The Hall–Kier alpha value is -3.77. The van der Waals surface area contributed by atoms with Crippen LogP contribution in [0, 0.1) is 18.8 Å². The van der Waals surface area contributed by atoms with Crippen molar-refractivity contribution in [2.45, 2.75) is 20.3 Å². The Morgan fingerprint density at radius 2 is 1.77 bits per heavy atom. The highest BCUT2D eigenvalue weighted by Gasteiger charge is 2.05. The lowest BCUT2D eigenvalue weighted by Crippen LogP contribution is -1.95. The van der Waals surface area contributed by atoms with Crippen LogP contribution in [-0.2, 0) is 0 Å². The van der Waals surface area contributed by atoms with Crippen molar-refractivity contribution in [2.75, 3.05) is 6.61 Å². The number of carboxylic acid groups (broad SMARTS) is 1. The van der Waals surface area contributed by atoms with Crippen LogP contribution in [0.3, 0.4) is 0 Å². The highest BCUT2D eigenvalue weighted by Crippen LogP contribution is 2.29. The van der Waals surface area contributed by atoms with E-state index in [2.05, 4.69) is 56.0 Å². The van der Waals surface area contributed by atoms with Gasteiger partial charge < -0.3 is 9.84 Å². The maximum Gasteiger partial charge on any atom is 0.335 e. The quantitative estimate of drug-likeness (QED) is 0.504. The number of carboxylic acids is 1. The van der Waals surface area contributed by atoms with Crippen molar-refractivity contribution in [3.63, 3.8) is 0 Å². The van der Waals surface area contributed by atoms with Crippen LogP contribution in [0.15, 0.2) is 72.8 Å². The summed E-state index contributed by atoms with van der Waals surface area (Å²) < 4.78 is 5.79. The van der Waals surface area contributed by atoms with Crippen molar-refractivity contribution in [3.05, 3.63) is 95.1 Å². The molecule has 3 nitrogen and oxygen atoms in total. The summed E-state index contributed by atoms with van der Waals surface area (Å²) in [4.78, 5) is 10.9. The minimum Gasteiger partial charge on any atom is -0.494 e. The van der Waals surface area contributed by atoms with Crippen LogP contribution in [0.5, 0.6) is 5.75 Å². The van der Waals surface area contributed by atoms with E-state index in [9.17, 15) is 4.79 Å². The summed E-state index contributed by atoms with van der Waals surface area (Å²) in [6.45, 7) is 4.84. The molecular weight excluding hydrogens is 372 g/mol. The molecule has 0 saturated carbocycles. The number of carbonyl (C=O) groups is 1. The zero-order valence-corrected chi connectivity index (χ0v) is 17.2. The monoisotopic (exact) mass is 396 g/mol. The number of rotatable bonds is 6. The largest absolute Gasteiger partial charge is 0.494 e. The van der Waals surface area contributed by atoms with Crippen LogP contribution in [0.1, 0.15) is 40.4 Å². The van der Waals surface area contributed by atoms with E-state index in [-0.39, 0.29) is 5.56 Å². The number of allylic oxidation sites excluding steroid dienone is 1. The Balaban J connectivity index is 1.87. The molecule has 1 N–H and O–H groups in total. The lowest BCUT2D eigenvalue weighted by atomic mass is 9.98. The van der Waals surface area contributed by atoms with Crippen LogP contribution >= 0.6 is 0 Å². The van der Waals surface area contributed by atoms with E-state index in [1.54, 1.807) is 24.3 Å². The van der Waals surface area contributed by atoms with E-state index in [0.717, 1.165) is 34.4 Å². The molecule has 0 aliphatic carbocycles. The van der Waals surface area contributed by atoms with Gasteiger partial charge >= 0.3 is 5.97 Å². The van der Waals surface area contributed by atoms with Gasteiger partial charge in [-0.1, -0.05) is 54.7 Å². The van der Waals surface area contributed by atoms with E-state index in [1.807, 2.05) is 24.3 Å². The number of hydrogen-bond acceptors (Lipinski definition) is 2. The normalized spacial score (nSPS) is 10.5. The molecule has 3 rings (SSSR count). The van der Waals surface area contributed by atoms with Crippen molar-refractivity contribution in [3.8, 4) is 28.7 Å². The molecule has 0 aliphatic heterocycles. The van der Waals surface area contributed by atoms with Gasteiger partial charge in [0.1, 0.15) is 5.75 Å². The Labute approximate surface area is 177 Å². The summed E-state index contributed by atoms with van der Waals surface area (Å²) in [6.07, 6.45) is 4.74. The third kappa shape index (κ3) is 5.62. The molecule has 30 heavy (non-hydrogen) atoms. The van der Waals surface area contributed by atoms with Gasteiger partial charge in [-0.25, -0.2) is 4.79 Å². The summed E-state index contributed by atoms with van der Waals surface area (Å²) >= 11 is 0. The summed E-state index contributed by atoms with van der Waals surface area (Å²) in [5, 5.41) is 8.97. The van der Waals surface area contributed by atoms with Gasteiger partial charge in [0.25, 0.3) is 0 Å². The van der Waals surface area contributed by atoms with Crippen LogP contribution in [0.25, 0.3) is 17.2 Å². The van der Waals surface area contributed by atoms with Crippen molar-refractivity contribution >= 4 is 12.0 Å². The zero-order valence-electron chi connectivity index (χ0n) is 17.2. The van der Waals surface area contributed by atoms with E-state index < -0.39 is 5.97 Å². The SMILES string of the molecule is CCCOc1ccc(-c2ccc(C)cc2)c(/C=C/C#Cc2ccc(C(=O)O)cc2)c1. The fourth-order valence-corrected chi connectivity index (χ4v) is 2.94. The molecule has 0 fully saturated rings. The van der Waals surface area contributed by atoms with Gasteiger partial charge in [-0.15, -0.1) is 0 Å². The van der Waals surface area contributed by atoms with Gasteiger partial charge in [0.15, 0.2) is 0 Å². The third-order valence-corrected chi connectivity index (χ3v) is 4.55. The number of hydrogen-bond donors (Lipinski definition) is 1. The second-order valence-corrected chi connectivity index (χ2v) is 6.95. The molecule has 0 saturated heterocycles. The molecule has 0 bridgehead atoms. The molecule has 3 aromatic rings. The predicted octanol–water partition coefficient (Wildman–Crippen LogP) is 6.21.